The van der Waals surface area contributed by atoms with E-state index in [4.69, 9.17) is 16.2 Å². The van der Waals surface area contributed by atoms with Gasteiger partial charge in [-0.1, -0.05) is 19.1 Å². The molecule has 1 aromatic rings. The van der Waals surface area contributed by atoms with Gasteiger partial charge < -0.3 is 21.3 Å². The van der Waals surface area contributed by atoms with E-state index in [1.54, 1.807) is 6.07 Å². The third-order valence-electron chi connectivity index (χ3n) is 3.33. The summed E-state index contributed by atoms with van der Waals surface area (Å²) < 4.78 is 5.37. The molecule has 5 N–H and O–H groups in total. The number of benzene rings is 1. The highest BCUT2D eigenvalue weighted by molar-refractivity contribution is 5.45. The van der Waals surface area contributed by atoms with Crippen molar-refractivity contribution in [2.24, 2.45) is 23.3 Å². The molecule has 0 bridgehead atoms. The molecular formula is C14H24N2O2. The minimum Gasteiger partial charge on any atom is -0.504 e. The second kappa shape index (κ2) is 7.24. The fourth-order valence-corrected chi connectivity index (χ4v) is 2.08. The summed E-state index contributed by atoms with van der Waals surface area (Å²) in [6.07, 6.45) is 0.756. The molecule has 1 atom stereocenters. The molecule has 1 rings (SSSR count). The summed E-state index contributed by atoms with van der Waals surface area (Å²) in [5.74, 6) is 1.39. The maximum absolute atomic E-state index is 10.1. The number of nitrogens with two attached hydrogens (primary N) is 2. The highest BCUT2D eigenvalue weighted by atomic mass is 16.5. The quantitative estimate of drug-likeness (QED) is 0.687. The van der Waals surface area contributed by atoms with Gasteiger partial charge >= 0.3 is 0 Å². The van der Waals surface area contributed by atoms with E-state index < -0.39 is 0 Å². The standard InChI is InChI=1S/C14H24N2O2/c1-3-18-13-6-4-5-11(14(13)17)7-10(2)12(8-15)9-16/h4-6,10,12,17H,3,7-9,15-16H2,1-2H3. The van der Waals surface area contributed by atoms with Crippen LogP contribution in [0.15, 0.2) is 18.2 Å². The van der Waals surface area contributed by atoms with Gasteiger partial charge in [-0.25, -0.2) is 0 Å². The second-order valence-corrected chi connectivity index (χ2v) is 4.61. The lowest BCUT2D eigenvalue weighted by molar-refractivity contribution is 0.313. The fourth-order valence-electron chi connectivity index (χ4n) is 2.08. The summed E-state index contributed by atoms with van der Waals surface area (Å²) in [4.78, 5) is 0. The van der Waals surface area contributed by atoms with Crippen LogP contribution in [0.3, 0.4) is 0 Å². The molecule has 1 unspecified atom stereocenters. The summed E-state index contributed by atoms with van der Waals surface area (Å²) >= 11 is 0. The Balaban J connectivity index is 2.81. The van der Waals surface area contributed by atoms with E-state index in [1.165, 1.54) is 0 Å². The Labute approximate surface area is 109 Å². The first-order valence-electron chi connectivity index (χ1n) is 6.47. The molecule has 4 nitrogen and oxygen atoms in total. The Kier molecular flexibility index (Phi) is 5.95. The van der Waals surface area contributed by atoms with Crippen LogP contribution in [0.4, 0.5) is 0 Å². The summed E-state index contributed by atoms with van der Waals surface area (Å²) in [6.45, 7) is 5.69. The fraction of sp³-hybridized carbons (Fsp3) is 0.571. The average molecular weight is 252 g/mol. The van der Waals surface area contributed by atoms with Crippen molar-refractivity contribution in [2.45, 2.75) is 20.3 Å². The van der Waals surface area contributed by atoms with Crippen molar-refractivity contribution in [3.8, 4) is 11.5 Å². The topological polar surface area (TPSA) is 81.5 Å². The number of rotatable bonds is 7. The summed E-state index contributed by atoms with van der Waals surface area (Å²) in [5.41, 5.74) is 12.3. The number of phenols is 1. The largest absolute Gasteiger partial charge is 0.504 e. The zero-order chi connectivity index (χ0) is 13.5. The van der Waals surface area contributed by atoms with Crippen LogP contribution in [-0.2, 0) is 6.42 Å². The van der Waals surface area contributed by atoms with Crippen molar-refractivity contribution < 1.29 is 9.84 Å². The van der Waals surface area contributed by atoms with Gasteiger partial charge in [-0.15, -0.1) is 0 Å². The molecule has 0 aliphatic heterocycles. The zero-order valence-electron chi connectivity index (χ0n) is 11.2. The number of hydrogen-bond donors (Lipinski definition) is 3. The minimum absolute atomic E-state index is 0.235. The third-order valence-corrected chi connectivity index (χ3v) is 3.33. The normalized spacial score (nSPS) is 12.7. The van der Waals surface area contributed by atoms with Gasteiger partial charge in [0, 0.05) is 0 Å². The van der Waals surface area contributed by atoms with Gasteiger partial charge in [-0.2, -0.15) is 0 Å². The Bertz CT molecular complexity index is 365. The van der Waals surface area contributed by atoms with E-state index in [0.29, 0.717) is 31.4 Å². The van der Waals surface area contributed by atoms with Crippen LogP contribution in [0.1, 0.15) is 19.4 Å². The van der Waals surface area contributed by atoms with Crippen molar-refractivity contribution in [1.29, 1.82) is 0 Å². The van der Waals surface area contributed by atoms with Crippen molar-refractivity contribution in [2.75, 3.05) is 19.7 Å². The molecule has 4 heteroatoms. The summed E-state index contributed by atoms with van der Waals surface area (Å²) in [6, 6.07) is 5.58. The van der Waals surface area contributed by atoms with Gasteiger partial charge in [0.1, 0.15) is 0 Å². The first-order chi connectivity index (χ1) is 8.63. The molecule has 0 saturated heterocycles. The molecule has 1 aromatic carbocycles. The Morgan fingerprint density at radius 1 is 1.28 bits per heavy atom. The van der Waals surface area contributed by atoms with Crippen LogP contribution in [0.5, 0.6) is 11.5 Å². The van der Waals surface area contributed by atoms with E-state index in [0.717, 1.165) is 12.0 Å². The minimum atomic E-state index is 0.235. The van der Waals surface area contributed by atoms with Crippen LogP contribution in [0.25, 0.3) is 0 Å². The average Bonchev–Trinajstić information content (AvgIpc) is 2.36. The predicted octanol–water partition coefficient (Wildman–Crippen LogP) is 1.50. The van der Waals surface area contributed by atoms with E-state index in [9.17, 15) is 5.11 Å². The van der Waals surface area contributed by atoms with Gasteiger partial charge in [-0.3, -0.25) is 0 Å². The van der Waals surface area contributed by atoms with Gasteiger partial charge in [-0.05, 0) is 49.9 Å². The van der Waals surface area contributed by atoms with Crippen LogP contribution in [0.2, 0.25) is 0 Å². The molecule has 0 fully saturated rings. The maximum Gasteiger partial charge on any atom is 0.161 e. The molecule has 0 radical (unpaired) electrons. The monoisotopic (exact) mass is 252 g/mol. The molecule has 0 aromatic heterocycles. The number of para-hydroxylation sites is 1. The van der Waals surface area contributed by atoms with Crippen molar-refractivity contribution in [3.05, 3.63) is 23.8 Å². The molecule has 0 amide bonds. The number of aromatic hydroxyl groups is 1. The van der Waals surface area contributed by atoms with E-state index in [-0.39, 0.29) is 11.7 Å². The van der Waals surface area contributed by atoms with Gasteiger partial charge in [0.2, 0.25) is 0 Å². The van der Waals surface area contributed by atoms with Crippen LogP contribution < -0.4 is 16.2 Å². The SMILES string of the molecule is CCOc1cccc(CC(C)C(CN)CN)c1O. The van der Waals surface area contributed by atoms with E-state index >= 15 is 0 Å². The highest BCUT2D eigenvalue weighted by Crippen LogP contribution is 2.32. The number of hydrogen-bond acceptors (Lipinski definition) is 4. The first-order valence-corrected chi connectivity index (χ1v) is 6.47. The van der Waals surface area contributed by atoms with E-state index in [2.05, 4.69) is 6.92 Å². The molecule has 102 valence electrons. The van der Waals surface area contributed by atoms with Gasteiger partial charge in [0.15, 0.2) is 11.5 Å². The molecule has 0 saturated carbocycles. The lowest BCUT2D eigenvalue weighted by Crippen LogP contribution is -2.30. The molecule has 0 heterocycles. The lowest BCUT2D eigenvalue weighted by Gasteiger charge is -2.21. The van der Waals surface area contributed by atoms with Crippen LogP contribution in [0, 0.1) is 11.8 Å². The number of ether oxygens (including phenoxy) is 1. The molecule has 0 aliphatic rings. The second-order valence-electron chi connectivity index (χ2n) is 4.61. The van der Waals surface area contributed by atoms with Gasteiger partial charge in [0.25, 0.3) is 0 Å². The molecule has 0 spiro atoms. The highest BCUT2D eigenvalue weighted by Gasteiger charge is 2.17. The summed E-state index contributed by atoms with van der Waals surface area (Å²) in [7, 11) is 0. The van der Waals surface area contributed by atoms with Crippen molar-refractivity contribution in [1.82, 2.24) is 0 Å². The predicted molar refractivity (Wildman–Crippen MR) is 73.7 cm³/mol. The Morgan fingerprint density at radius 3 is 2.50 bits per heavy atom. The van der Waals surface area contributed by atoms with Crippen molar-refractivity contribution in [3.63, 3.8) is 0 Å². The lowest BCUT2D eigenvalue weighted by atomic mass is 9.88. The molecular weight excluding hydrogens is 228 g/mol. The zero-order valence-corrected chi connectivity index (χ0v) is 11.2. The van der Waals surface area contributed by atoms with E-state index in [1.807, 2.05) is 19.1 Å². The van der Waals surface area contributed by atoms with Crippen LogP contribution >= 0.6 is 0 Å². The van der Waals surface area contributed by atoms with Crippen molar-refractivity contribution >= 4 is 0 Å². The first kappa shape index (κ1) is 14.8. The molecule has 0 aliphatic carbocycles. The molecule has 18 heavy (non-hydrogen) atoms. The maximum atomic E-state index is 10.1. The van der Waals surface area contributed by atoms with Gasteiger partial charge in [0.05, 0.1) is 6.61 Å². The van der Waals surface area contributed by atoms with Crippen LogP contribution in [-0.4, -0.2) is 24.8 Å². The summed E-state index contributed by atoms with van der Waals surface area (Å²) in [5, 5.41) is 10.1. The third kappa shape index (κ3) is 3.62. The Hall–Kier alpha value is -1.26. The number of phenolic OH excluding ortho intramolecular Hbond substituents is 1. The Morgan fingerprint density at radius 2 is 1.94 bits per heavy atom. The smallest absolute Gasteiger partial charge is 0.161 e.